The predicted octanol–water partition coefficient (Wildman–Crippen LogP) is 3.41. The summed E-state index contributed by atoms with van der Waals surface area (Å²) in [7, 11) is 2.91. The minimum Gasteiger partial charge on any atom is -0.497 e. The second kappa shape index (κ2) is 6.76. The number of hydrogen-bond donors (Lipinski definition) is 2. The van der Waals surface area contributed by atoms with Crippen molar-refractivity contribution in [2.45, 2.75) is 39.7 Å². The summed E-state index contributed by atoms with van der Waals surface area (Å²) in [5, 5.41) is 3.70. The Morgan fingerprint density at radius 2 is 2.03 bits per heavy atom. The summed E-state index contributed by atoms with van der Waals surface area (Å²) in [6, 6.07) is 5.83. The number of amides is 1. The molecule has 2 heterocycles. The molecule has 1 aliphatic heterocycles. The zero-order valence-electron chi connectivity index (χ0n) is 17.7. The van der Waals surface area contributed by atoms with Gasteiger partial charge in [-0.2, -0.15) is 0 Å². The van der Waals surface area contributed by atoms with Crippen molar-refractivity contribution in [2.24, 2.45) is 10.8 Å². The van der Waals surface area contributed by atoms with E-state index in [1.165, 1.54) is 13.5 Å². The lowest BCUT2D eigenvalue weighted by atomic mass is 9.79. The van der Waals surface area contributed by atoms with Crippen LogP contribution in [-0.4, -0.2) is 55.1 Å². The maximum Gasteiger partial charge on any atom is 0.356 e. The molecule has 2 fully saturated rings. The van der Waals surface area contributed by atoms with Crippen molar-refractivity contribution in [3.63, 3.8) is 0 Å². The molecule has 29 heavy (non-hydrogen) atoms. The molecule has 2 bridgehead atoms. The maximum absolute atomic E-state index is 12.9. The van der Waals surface area contributed by atoms with E-state index in [4.69, 9.17) is 9.47 Å². The van der Waals surface area contributed by atoms with Gasteiger partial charge in [-0.1, -0.05) is 20.8 Å². The zero-order valence-corrected chi connectivity index (χ0v) is 17.7. The lowest BCUT2D eigenvalue weighted by Gasteiger charge is -2.40. The molecule has 1 saturated heterocycles. The molecule has 2 aromatic rings. The number of carbonyl (C=O) groups excluding carboxylic acids is 2. The molecule has 1 aromatic carbocycles. The molecule has 0 spiro atoms. The minimum atomic E-state index is -0.524. The standard InChI is InChI=1S/C22H29N3O4/c1-21(2)11-22(3)9-16(21)25(12-22)10-17(26)24-18-14-7-6-13(28-4)8-15(14)23-19(18)20(27)29-5/h6-8,16,23H,9-12H2,1-5H3,(H,24,26)/t16-,22-/m1/s1. The number of nitrogens with zero attached hydrogens (tertiary/aromatic N) is 1. The SMILES string of the molecule is COC(=O)c1[nH]c2cc(OC)ccc2c1NC(=O)CN1C[C@]2(C)C[C@@H]1C(C)(C)C2. The molecular formula is C22H29N3O4. The van der Waals surface area contributed by atoms with Gasteiger partial charge in [0.15, 0.2) is 0 Å². The summed E-state index contributed by atoms with van der Waals surface area (Å²) >= 11 is 0. The summed E-state index contributed by atoms with van der Waals surface area (Å²) in [5.74, 6) is 0.0137. The van der Waals surface area contributed by atoms with Crippen LogP contribution in [0.4, 0.5) is 5.69 Å². The van der Waals surface area contributed by atoms with E-state index in [1.807, 2.05) is 6.07 Å². The Morgan fingerprint density at radius 3 is 2.66 bits per heavy atom. The number of carbonyl (C=O) groups is 2. The average Bonchev–Trinajstić information content (AvgIpc) is 3.25. The molecule has 2 atom stereocenters. The summed E-state index contributed by atoms with van der Waals surface area (Å²) in [6.07, 6.45) is 2.33. The Balaban J connectivity index is 1.59. The molecule has 7 nitrogen and oxygen atoms in total. The third-order valence-corrected chi connectivity index (χ3v) is 6.50. The van der Waals surface area contributed by atoms with Crippen LogP contribution >= 0.6 is 0 Å². The highest BCUT2D eigenvalue weighted by Crippen LogP contribution is 2.56. The van der Waals surface area contributed by atoms with Gasteiger partial charge in [-0.3, -0.25) is 9.69 Å². The molecule has 0 radical (unpaired) electrons. The summed E-state index contributed by atoms with van der Waals surface area (Å²) in [4.78, 5) is 30.6. The van der Waals surface area contributed by atoms with Gasteiger partial charge in [0.25, 0.3) is 0 Å². The second-order valence-corrected chi connectivity index (χ2v) is 9.43. The molecule has 2 N–H and O–H groups in total. The van der Waals surface area contributed by atoms with Crippen LogP contribution in [0.15, 0.2) is 18.2 Å². The molecule has 1 amide bonds. The minimum absolute atomic E-state index is 0.126. The quantitative estimate of drug-likeness (QED) is 0.753. The molecule has 1 aliphatic carbocycles. The smallest absolute Gasteiger partial charge is 0.356 e. The first-order valence-corrected chi connectivity index (χ1v) is 9.98. The van der Waals surface area contributed by atoms with Crippen molar-refractivity contribution in [1.82, 2.24) is 9.88 Å². The number of rotatable bonds is 5. The average molecular weight is 399 g/mol. The van der Waals surface area contributed by atoms with Crippen molar-refractivity contribution in [1.29, 1.82) is 0 Å². The third kappa shape index (κ3) is 3.37. The number of benzene rings is 1. The van der Waals surface area contributed by atoms with Crippen LogP contribution in [0.5, 0.6) is 5.75 Å². The molecule has 1 saturated carbocycles. The Morgan fingerprint density at radius 1 is 1.28 bits per heavy atom. The number of nitrogens with one attached hydrogen (secondary N) is 2. The van der Waals surface area contributed by atoms with Gasteiger partial charge in [0.2, 0.25) is 5.91 Å². The molecule has 0 unspecified atom stereocenters. The fraction of sp³-hybridized carbons (Fsp3) is 0.545. The Hall–Kier alpha value is -2.54. The van der Waals surface area contributed by atoms with Gasteiger partial charge in [0.05, 0.1) is 32.0 Å². The Kier molecular flexibility index (Phi) is 4.61. The first-order chi connectivity index (χ1) is 13.7. The highest BCUT2D eigenvalue weighted by atomic mass is 16.5. The van der Waals surface area contributed by atoms with Crippen LogP contribution in [0, 0.1) is 10.8 Å². The summed E-state index contributed by atoms with van der Waals surface area (Å²) < 4.78 is 10.2. The first kappa shape index (κ1) is 19.8. The van der Waals surface area contributed by atoms with E-state index in [9.17, 15) is 9.59 Å². The molecule has 7 heteroatoms. The summed E-state index contributed by atoms with van der Waals surface area (Å²) in [5.41, 5.74) is 1.88. The van der Waals surface area contributed by atoms with E-state index in [1.54, 1.807) is 19.2 Å². The van der Waals surface area contributed by atoms with Crippen molar-refractivity contribution < 1.29 is 19.1 Å². The fourth-order valence-corrected chi connectivity index (χ4v) is 5.60. The number of ether oxygens (including phenoxy) is 2. The third-order valence-electron chi connectivity index (χ3n) is 6.50. The predicted molar refractivity (Wildman–Crippen MR) is 111 cm³/mol. The van der Waals surface area contributed by atoms with Crippen LogP contribution in [-0.2, 0) is 9.53 Å². The normalized spacial score (nSPS) is 25.3. The topological polar surface area (TPSA) is 83.7 Å². The van der Waals surface area contributed by atoms with Crippen LogP contribution in [0.1, 0.15) is 44.1 Å². The van der Waals surface area contributed by atoms with Gasteiger partial charge < -0.3 is 19.8 Å². The number of esters is 1. The van der Waals surface area contributed by atoms with Gasteiger partial charge in [0, 0.05) is 24.0 Å². The van der Waals surface area contributed by atoms with Gasteiger partial charge in [-0.25, -0.2) is 4.79 Å². The number of H-pyrrole nitrogens is 1. The van der Waals surface area contributed by atoms with E-state index < -0.39 is 5.97 Å². The number of likely N-dealkylation sites (tertiary alicyclic amines) is 1. The Bertz CT molecular complexity index is 977. The van der Waals surface area contributed by atoms with Crippen molar-refractivity contribution >= 4 is 28.5 Å². The zero-order chi connectivity index (χ0) is 21.0. The lowest BCUT2D eigenvalue weighted by Crippen LogP contribution is -2.47. The van der Waals surface area contributed by atoms with Crippen molar-refractivity contribution in [2.75, 3.05) is 32.6 Å². The lowest BCUT2D eigenvalue weighted by molar-refractivity contribution is -0.118. The number of aromatic amines is 1. The number of methoxy groups -OCH3 is 2. The summed E-state index contributed by atoms with van der Waals surface area (Å²) in [6.45, 7) is 8.14. The molecule has 2 aliphatic rings. The van der Waals surface area contributed by atoms with E-state index >= 15 is 0 Å². The maximum atomic E-state index is 12.9. The van der Waals surface area contributed by atoms with Crippen molar-refractivity contribution in [3.8, 4) is 5.75 Å². The second-order valence-electron chi connectivity index (χ2n) is 9.43. The van der Waals surface area contributed by atoms with Crippen molar-refractivity contribution in [3.05, 3.63) is 23.9 Å². The van der Waals surface area contributed by atoms with Crippen LogP contribution < -0.4 is 10.1 Å². The van der Waals surface area contributed by atoms with Crippen LogP contribution in [0.2, 0.25) is 0 Å². The van der Waals surface area contributed by atoms with Gasteiger partial charge in [-0.05, 0) is 35.8 Å². The highest BCUT2D eigenvalue weighted by Gasteiger charge is 2.55. The largest absolute Gasteiger partial charge is 0.497 e. The van der Waals surface area contributed by atoms with E-state index in [0.717, 1.165) is 18.4 Å². The van der Waals surface area contributed by atoms with Crippen LogP contribution in [0.25, 0.3) is 10.9 Å². The molecule has 4 rings (SSSR count). The number of anilines is 1. The number of aromatic nitrogens is 1. The van der Waals surface area contributed by atoms with E-state index in [2.05, 4.69) is 36.0 Å². The number of hydrogen-bond acceptors (Lipinski definition) is 5. The van der Waals surface area contributed by atoms with Gasteiger partial charge in [-0.15, -0.1) is 0 Å². The van der Waals surface area contributed by atoms with E-state index in [-0.39, 0.29) is 22.4 Å². The monoisotopic (exact) mass is 399 g/mol. The first-order valence-electron chi connectivity index (χ1n) is 9.98. The fourth-order valence-electron chi connectivity index (χ4n) is 5.60. The highest BCUT2D eigenvalue weighted by molar-refractivity contribution is 6.11. The van der Waals surface area contributed by atoms with Crippen LogP contribution in [0.3, 0.4) is 0 Å². The van der Waals surface area contributed by atoms with Gasteiger partial charge in [0.1, 0.15) is 11.4 Å². The number of fused-ring (bicyclic) bond motifs is 3. The molecular weight excluding hydrogens is 370 g/mol. The number of piperidine rings is 1. The molecule has 156 valence electrons. The molecule has 1 aromatic heterocycles. The Labute approximate surface area is 170 Å². The van der Waals surface area contributed by atoms with Gasteiger partial charge >= 0.3 is 5.97 Å². The van der Waals surface area contributed by atoms with E-state index in [0.29, 0.717) is 29.5 Å².